The van der Waals surface area contributed by atoms with Crippen LogP contribution in [0.3, 0.4) is 0 Å². The topological polar surface area (TPSA) is 93.4 Å². The molecule has 1 aromatic carbocycles. The lowest BCUT2D eigenvalue weighted by molar-refractivity contribution is 0.209. The fourth-order valence-corrected chi connectivity index (χ4v) is 4.14. The smallest absolute Gasteiger partial charge is 0.220 e. The van der Waals surface area contributed by atoms with Gasteiger partial charge in [0.15, 0.2) is 17.1 Å². The molecule has 5 rings (SSSR count). The average Bonchev–Trinajstić information content (AvgIpc) is 3.35. The van der Waals surface area contributed by atoms with E-state index < -0.39 is 0 Å². The summed E-state index contributed by atoms with van der Waals surface area (Å²) >= 11 is 0. The van der Waals surface area contributed by atoms with Gasteiger partial charge in [0, 0.05) is 35.8 Å². The molecule has 1 atom stereocenters. The molecule has 0 amide bonds. The van der Waals surface area contributed by atoms with Gasteiger partial charge in [-0.2, -0.15) is 0 Å². The molecule has 4 heterocycles. The number of ether oxygens (including phenoxy) is 4. The van der Waals surface area contributed by atoms with Crippen molar-refractivity contribution in [2.45, 2.75) is 19.6 Å². The summed E-state index contributed by atoms with van der Waals surface area (Å²) in [6.07, 6.45) is 6.80. The van der Waals surface area contributed by atoms with E-state index in [2.05, 4.69) is 19.9 Å². The van der Waals surface area contributed by atoms with E-state index in [9.17, 15) is 0 Å². The first-order valence-electron chi connectivity index (χ1n) is 11.7. The molecule has 4 aromatic heterocycles. The van der Waals surface area contributed by atoms with Crippen LogP contribution in [-0.4, -0.2) is 45.8 Å². The van der Waals surface area contributed by atoms with E-state index in [1.54, 1.807) is 40.1 Å². The zero-order chi connectivity index (χ0) is 25.8. The van der Waals surface area contributed by atoms with Crippen molar-refractivity contribution in [2.75, 3.05) is 21.3 Å². The molecule has 188 valence electrons. The molecular formula is C28H27N5O4. The van der Waals surface area contributed by atoms with Crippen LogP contribution in [0.15, 0.2) is 73.4 Å². The van der Waals surface area contributed by atoms with E-state index in [1.165, 1.54) is 0 Å². The quantitative estimate of drug-likeness (QED) is 0.278. The fraction of sp³-hybridized carbons (Fsp3) is 0.214. The predicted molar refractivity (Wildman–Crippen MR) is 139 cm³/mol. The van der Waals surface area contributed by atoms with E-state index >= 15 is 0 Å². The number of nitrogens with zero attached hydrogens (tertiary/aromatic N) is 5. The Morgan fingerprint density at radius 2 is 1.68 bits per heavy atom. The summed E-state index contributed by atoms with van der Waals surface area (Å²) in [4.78, 5) is 17.8. The summed E-state index contributed by atoms with van der Waals surface area (Å²) in [5.41, 5.74) is 5.37. The van der Waals surface area contributed by atoms with Crippen LogP contribution < -0.4 is 18.9 Å². The van der Waals surface area contributed by atoms with E-state index in [0.29, 0.717) is 29.8 Å². The minimum Gasteiger partial charge on any atom is -0.493 e. The molecule has 0 saturated carbocycles. The Labute approximate surface area is 214 Å². The Balaban J connectivity index is 1.35. The largest absolute Gasteiger partial charge is 0.493 e. The van der Waals surface area contributed by atoms with Crippen LogP contribution in [0.4, 0.5) is 0 Å². The minimum atomic E-state index is -0.278. The van der Waals surface area contributed by atoms with Crippen LogP contribution in [0, 0.1) is 0 Å². The molecule has 0 radical (unpaired) electrons. The van der Waals surface area contributed by atoms with Crippen LogP contribution in [0.25, 0.3) is 22.3 Å². The van der Waals surface area contributed by atoms with E-state index in [1.807, 2.05) is 66.2 Å². The van der Waals surface area contributed by atoms with E-state index in [0.717, 1.165) is 33.4 Å². The van der Waals surface area contributed by atoms with Gasteiger partial charge in [0.25, 0.3) is 0 Å². The van der Waals surface area contributed by atoms with Gasteiger partial charge in [0.2, 0.25) is 11.8 Å². The van der Waals surface area contributed by atoms with Crippen molar-refractivity contribution < 1.29 is 18.9 Å². The SMILES string of the molecule is COc1ccc(-c2cnc3c(c2)ncn3Cc2ccc(OC(C)c3cccnc3OC)c(OC)c2)cn1. The van der Waals surface area contributed by atoms with Gasteiger partial charge in [-0.1, -0.05) is 6.07 Å². The van der Waals surface area contributed by atoms with Crippen LogP contribution >= 0.6 is 0 Å². The third-order valence-corrected chi connectivity index (χ3v) is 6.05. The Kier molecular flexibility index (Phi) is 6.85. The number of hydrogen-bond donors (Lipinski definition) is 0. The maximum Gasteiger partial charge on any atom is 0.220 e. The van der Waals surface area contributed by atoms with Crippen molar-refractivity contribution in [1.29, 1.82) is 0 Å². The molecule has 0 spiro atoms. The van der Waals surface area contributed by atoms with Gasteiger partial charge in [0.1, 0.15) is 11.6 Å². The molecule has 0 fully saturated rings. The molecule has 9 nitrogen and oxygen atoms in total. The summed E-state index contributed by atoms with van der Waals surface area (Å²) in [7, 11) is 4.82. The van der Waals surface area contributed by atoms with Gasteiger partial charge in [-0.25, -0.2) is 19.9 Å². The first-order valence-corrected chi connectivity index (χ1v) is 11.7. The summed E-state index contributed by atoms with van der Waals surface area (Å²) in [6, 6.07) is 15.5. The zero-order valence-corrected chi connectivity index (χ0v) is 21.1. The molecule has 0 aliphatic carbocycles. The van der Waals surface area contributed by atoms with Crippen molar-refractivity contribution in [3.05, 3.63) is 84.6 Å². The van der Waals surface area contributed by atoms with Crippen LogP contribution in [0.2, 0.25) is 0 Å². The Morgan fingerprint density at radius 1 is 0.811 bits per heavy atom. The lowest BCUT2D eigenvalue weighted by Crippen LogP contribution is -2.07. The second-order valence-electron chi connectivity index (χ2n) is 8.38. The third kappa shape index (κ3) is 5.02. The molecular weight excluding hydrogens is 470 g/mol. The van der Waals surface area contributed by atoms with Crippen molar-refractivity contribution >= 4 is 11.2 Å². The Hall–Kier alpha value is -4.66. The Bertz CT molecular complexity index is 1520. The van der Waals surface area contributed by atoms with Gasteiger partial charge in [0.05, 0.1) is 39.8 Å². The molecule has 0 bridgehead atoms. The molecule has 37 heavy (non-hydrogen) atoms. The van der Waals surface area contributed by atoms with Crippen LogP contribution in [-0.2, 0) is 6.54 Å². The molecule has 0 N–H and O–H groups in total. The van der Waals surface area contributed by atoms with Gasteiger partial charge in [-0.05, 0) is 48.9 Å². The monoisotopic (exact) mass is 497 g/mol. The number of benzene rings is 1. The first kappa shape index (κ1) is 24.1. The molecule has 0 aliphatic rings. The summed E-state index contributed by atoms with van der Waals surface area (Å²) in [5.74, 6) is 2.38. The number of rotatable bonds is 9. The second kappa shape index (κ2) is 10.5. The van der Waals surface area contributed by atoms with Crippen LogP contribution in [0.1, 0.15) is 24.2 Å². The number of aromatic nitrogens is 5. The van der Waals surface area contributed by atoms with Gasteiger partial charge >= 0.3 is 0 Å². The summed E-state index contributed by atoms with van der Waals surface area (Å²) < 4.78 is 24.4. The number of fused-ring (bicyclic) bond motifs is 1. The normalized spacial score (nSPS) is 11.8. The first-order chi connectivity index (χ1) is 18.1. The highest BCUT2D eigenvalue weighted by Crippen LogP contribution is 2.34. The summed E-state index contributed by atoms with van der Waals surface area (Å²) in [5, 5.41) is 0. The lowest BCUT2D eigenvalue weighted by atomic mass is 10.1. The number of hydrogen-bond acceptors (Lipinski definition) is 8. The zero-order valence-electron chi connectivity index (χ0n) is 21.1. The molecule has 1 unspecified atom stereocenters. The van der Waals surface area contributed by atoms with Gasteiger partial charge in [-0.15, -0.1) is 0 Å². The summed E-state index contributed by atoms with van der Waals surface area (Å²) in [6.45, 7) is 2.53. The third-order valence-electron chi connectivity index (χ3n) is 6.05. The molecule has 5 aromatic rings. The standard InChI is InChI=1S/C28H27N5O4/c1-18(22-6-5-11-29-28(22)36-4)37-24-9-7-19(12-25(24)34-2)16-33-17-32-23-13-21(15-31-27(23)33)20-8-10-26(35-3)30-14-20/h5-15,17-18H,16H2,1-4H3. The molecule has 9 heteroatoms. The Morgan fingerprint density at radius 3 is 2.43 bits per heavy atom. The molecule has 0 aliphatic heterocycles. The predicted octanol–water partition coefficient (Wildman–Crippen LogP) is 5.10. The van der Waals surface area contributed by atoms with Crippen molar-refractivity contribution in [3.63, 3.8) is 0 Å². The van der Waals surface area contributed by atoms with Gasteiger partial charge < -0.3 is 23.5 Å². The number of imidazole rings is 1. The maximum absolute atomic E-state index is 6.21. The van der Waals surface area contributed by atoms with Crippen molar-refractivity contribution in [2.24, 2.45) is 0 Å². The molecule has 0 saturated heterocycles. The fourth-order valence-electron chi connectivity index (χ4n) is 4.14. The highest BCUT2D eigenvalue weighted by molar-refractivity contribution is 5.78. The highest BCUT2D eigenvalue weighted by atomic mass is 16.5. The second-order valence-corrected chi connectivity index (χ2v) is 8.38. The van der Waals surface area contributed by atoms with Crippen molar-refractivity contribution in [3.8, 4) is 34.4 Å². The number of methoxy groups -OCH3 is 3. The maximum atomic E-state index is 6.21. The van der Waals surface area contributed by atoms with Crippen molar-refractivity contribution in [1.82, 2.24) is 24.5 Å². The van der Waals surface area contributed by atoms with E-state index in [4.69, 9.17) is 18.9 Å². The highest BCUT2D eigenvalue weighted by Gasteiger charge is 2.17. The minimum absolute atomic E-state index is 0.278. The average molecular weight is 498 g/mol. The van der Waals surface area contributed by atoms with E-state index in [-0.39, 0.29) is 6.10 Å². The van der Waals surface area contributed by atoms with Gasteiger partial charge in [-0.3, -0.25) is 0 Å². The lowest BCUT2D eigenvalue weighted by Gasteiger charge is -2.19. The van der Waals surface area contributed by atoms with Crippen LogP contribution in [0.5, 0.6) is 23.3 Å². The number of pyridine rings is 3.